The minimum absolute atomic E-state index is 0.0166. The monoisotopic (exact) mass is 568 g/mol. The van der Waals surface area contributed by atoms with Crippen LogP contribution in [0.1, 0.15) is 62.5 Å². The number of methoxy groups -OCH3 is 2. The fourth-order valence-electron chi connectivity index (χ4n) is 5.47. The molecule has 224 valence electrons. The van der Waals surface area contributed by atoms with Crippen LogP contribution in [0.4, 0.5) is 5.69 Å². The predicted molar refractivity (Wildman–Crippen MR) is 158 cm³/mol. The first-order valence-corrected chi connectivity index (χ1v) is 14.0. The molecule has 9 heteroatoms. The molecule has 2 aliphatic rings. The number of piperidine rings is 1. The van der Waals surface area contributed by atoms with Crippen LogP contribution < -0.4 is 19.7 Å². The van der Waals surface area contributed by atoms with Crippen LogP contribution in [0, 0.1) is 31.1 Å². The molecule has 3 atom stereocenters. The molecular formula is C32H44N2O7. The van der Waals surface area contributed by atoms with E-state index in [0.717, 1.165) is 39.4 Å². The van der Waals surface area contributed by atoms with Crippen LogP contribution in [0.2, 0.25) is 0 Å². The summed E-state index contributed by atoms with van der Waals surface area (Å²) in [6.07, 6.45) is 0.151. The van der Waals surface area contributed by atoms with Crippen molar-refractivity contribution in [2.45, 2.75) is 54.1 Å². The van der Waals surface area contributed by atoms with E-state index in [-0.39, 0.29) is 29.6 Å². The molecule has 0 radical (unpaired) electrons. The van der Waals surface area contributed by atoms with E-state index in [4.69, 9.17) is 19.3 Å². The molecule has 2 N–H and O–H groups in total. The maximum atomic E-state index is 13.0. The Morgan fingerprint density at radius 2 is 1.78 bits per heavy atom. The molecule has 0 spiro atoms. The Bertz CT molecular complexity index is 1250. The Morgan fingerprint density at radius 1 is 1.07 bits per heavy atom. The minimum Gasteiger partial charge on any atom is -0.496 e. The second-order valence-electron chi connectivity index (χ2n) is 12.0. The van der Waals surface area contributed by atoms with Gasteiger partial charge in [-0.3, -0.25) is 14.4 Å². The molecule has 2 heterocycles. The number of hydrogen-bond donors (Lipinski definition) is 2. The molecule has 1 fully saturated rings. The van der Waals surface area contributed by atoms with E-state index in [0.29, 0.717) is 26.1 Å². The highest BCUT2D eigenvalue weighted by Crippen LogP contribution is 2.43. The molecule has 2 aromatic rings. The number of nitrogens with one attached hydrogen (secondary N) is 1. The van der Waals surface area contributed by atoms with Crippen molar-refractivity contribution in [3.63, 3.8) is 0 Å². The van der Waals surface area contributed by atoms with Crippen molar-refractivity contribution in [3.05, 3.63) is 52.6 Å². The summed E-state index contributed by atoms with van der Waals surface area (Å²) >= 11 is 0. The molecule has 4 rings (SSSR count). The number of Topliss-reactive ketones (excluding diaryl/α,β-unsaturated/α-hetero) is 1. The van der Waals surface area contributed by atoms with E-state index in [9.17, 15) is 14.4 Å². The van der Waals surface area contributed by atoms with Crippen LogP contribution in [0.3, 0.4) is 0 Å². The van der Waals surface area contributed by atoms with Gasteiger partial charge in [0.1, 0.15) is 30.0 Å². The van der Waals surface area contributed by atoms with Crippen molar-refractivity contribution in [1.29, 1.82) is 0 Å². The highest BCUT2D eigenvalue weighted by Gasteiger charge is 2.34. The van der Waals surface area contributed by atoms with Crippen LogP contribution in [-0.4, -0.2) is 63.2 Å². The van der Waals surface area contributed by atoms with Gasteiger partial charge >= 0.3 is 5.97 Å². The summed E-state index contributed by atoms with van der Waals surface area (Å²) in [6, 6.07) is 10.1. The second-order valence-corrected chi connectivity index (χ2v) is 12.0. The number of carboxylic acid groups (broad SMARTS) is 1. The lowest BCUT2D eigenvalue weighted by Gasteiger charge is -2.30. The number of hydrogen-bond acceptors (Lipinski definition) is 7. The van der Waals surface area contributed by atoms with Gasteiger partial charge in [-0.25, -0.2) is 0 Å². The zero-order valence-electron chi connectivity index (χ0n) is 25.5. The Balaban J connectivity index is 0.000000322. The summed E-state index contributed by atoms with van der Waals surface area (Å²) in [5.41, 5.74) is 4.75. The largest absolute Gasteiger partial charge is 0.496 e. The molecule has 1 unspecified atom stereocenters. The van der Waals surface area contributed by atoms with Crippen LogP contribution in [-0.2, 0) is 19.1 Å². The number of rotatable bonds is 6. The number of benzene rings is 2. The number of carbonyl (C=O) groups is 3. The lowest BCUT2D eigenvalue weighted by Crippen LogP contribution is -2.43. The number of ketones is 1. The summed E-state index contributed by atoms with van der Waals surface area (Å²) in [4.78, 5) is 36.5. The molecule has 9 nitrogen and oxygen atoms in total. The number of amides is 1. The van der Waals surface area contributed by atoms with Gasteiger partial charge in [0.25, 0.3) is 5.91 Å². The number of aliphatic carboxylic acids is 1. The Morgan fingerprint density at radius 3 is 2.34 bits per heavy atom. The van der Waals surface area contributed by atoms with Crippen molar-refractivity contribution < 1.29 is 33.7 Å². The first kappa shape index (κ1) is 32.1. The molecule has 0 aromatic heterocycles. The quantitative estimate of drug-likeness (QED) is 0.515. The van der Waals surface area contributed by atoms with Gasteiger partial charge in [-0.05, 0) is 57.4 Å². The maximum absolute atomic E-state index is 13.0. The first-order valence-electron chi connectivity index (χ1n) is 14.0. The van der Waals surface area contributed by atoms with Crippen LogP contribution >= 0.6 is 0 Å². The SMILES string of the molecule is CC(=O)[C@H]1CNCC[C@@H]1C(=O)O.COc1ccc(C2OCC(=O)N(CC(C)(C)C)c3ccc(C)cc32)c(OC)c1C. The normalized spacial score (nSPS) is 20.7. The lowest BCUT2D eigenvalue weighted by molar-refractivity contribution is -0.147. The van der Waals surface area contributed by atoms with Gasteiger partial charge < -0.3 is 29.5 Å². The number of fused-ring (bicyclic) bond motifs is 1. The minimum atomic E-state index is -0.850. The lowest BCUT2D eigenvalue weighted by atomic mass is 9.84. The molecule has 2 aliphatic heterocycles. The number of nitrogens with zero attached hydrogens (tertiary/aromatic N) is 1. The van der Waals surface area contributed by atoms with Crippen molar-refractivity contribution in [2.24, 2.45) is 17.3 Å². The second kappa shape index (κ2) is 13.5. The number of carboxylic acids is 1. The standard InChI is InChI=1S/C24H31NO4.C8H13NO3/c1-15-8-10-19-18(12-15)23(29-13-21(26)25(19)14-24(3,4)5)17-9-11-20(27-6)16(2)22(17)28-7;1-5(10)7-4-9-3-2-6(7)8(11)12/h8-12,23H,13-14H2,1-7H3;6-7,9H,2-4H2,1H3,(H,11,12)/t;6-,7+/m.0/s1. The molecule has 2 aromatic carbocycles. The molecule has 0 bridgehead atoms. The van der Waals surface area contributed by atoms with Gasteiger partial charge in [-0.1, -0.05) is 38.5 Å². The number of aryl methyl sites for hydroxylation is 1. The Labute approximate surface area is 243 Å². The van der Waals surface area contributed by atoms with E-state index in [1.54, 1.807) is 14.2 Å². The third-order valence-electron chi connectivity index (χ3n) is 7.48. The van der Waals surface area contributed by atoms with E-state index >= 15 is 0 Å². The highest BCUT2D eigenvalue weighted by molar-refractivity contribution is 5.96. The van der Waals surface area contributed by atoms with Crippen LogP contribution in [0.15, 0.2) is 30.3 Å². The van der Waals surface area contributed by atoms with Crippen molar-refractivity contribution in [2.75, 3.05) is 45.4 Å². The molecule has 41 heavy (non-hydrogen) atoms. The smallest absolute Gasteiger partial charge is 0.307 e. The summed E-state index contributed by atoms with van der Waals surface area (Å²) in [6.45, 7) is 13.7. The third-order valence-corrected chi connectivity index (χ3v) is 7.48. The van der Waals surface area contributed by atoms with Gasteiger partial charge in [0.15, 0.2) is 0 Å². The van der Waals surface area contributed by atoms with E-state index in [1.165, 1.54) is 6.92 Å². The molecule has 0 saturated carbocycles. The Hall–Kier alpha value is -3.43. The van der Waals surface area contributed by atoms with E-state index in [2.05, 4.69) is 39.1 Å². The topological polar surface area (TPSA) is 114 Å². The van der Waals surface area contributed by atoms with Gasteiger partial charge in [0, 0.05) is 41.4 Å². The Kier molecular flexibility index (Phi) is 10.6. The van der Waals surface area contributed by atoms with Gasteiger partial charge in [0.2, 0.25) is 0 Å². The zero-order chi connectivity index (χ0) is 30.5. The zero-order valence-corrected chi connectivity index (χ0v) is 25.5. The third kappa shape index (κ3) is 7.65. The number of anilines is 1. The fourth-order valence-corrected chi connectivity index (χ4v) is 5.47. The summed E-state index contributed by atoms with van der Waals surface area (Å²) in [5, 5.41) is 11.8. The average Bonchev–Trinajstić information content (AvgIpc) is 3.04. The van der Waals surface area contributed by atoms with E-state index < -0.39 is 18.0 Å². The maximum Gasteiger partial charge on any atom is 0.307 e. The van der Waals surface area contributed by atoms with Gasteiger partial charge in [0.05, 0.1) is 20.1 Å². The highest BCUT2D eigenvalue weighted by atomic mass is 16.5. The van der Waals surface area contributed by atoms with Gasteiger partial charge in [-0.15, -0.1) is 0 Å². The summed E-state index contributed by atoms with van der Waals surface area (Å²) in [5.74, 6) is -0.254. The fraction of sp³-hybridized carbons (Fsp3) is 0.531. The first-order chi connectivity index (χ1) is 19.3. The number of carbonyl (C=O) groups excluding carboxylic acids is 2. The number of ether oxygens (including phenoxy) is 3. The summed E-state index contributed by atoms with van der Waals surface area (Å²) in [7, 11) is 3.29. The molecule has 1 saturated heterocycles. The van der Waals surface area contributed by atoms with Crippen molar-refractivity contribution in [1.82, 2.24) is 5.32 Å². The van der Waals surface area contributed by atoms with Gasteiger partial charge in [-0.2, -0.15) is 0 Å². The van der Waals surface area contributed by atoms with E-state index in [1.807, 2.05) is 36.1 Å². The average molecular weight is 569 g/mol. The van der Waals surface area contributed by atoms with Crippen molar-refractivity contribution >= 4 is 23.3 Å². The molecular weight excluding hydrogens is 524 g/mol. The molecule has 0 aliphatic carbocycles. The summed E-state index contributed by atoms with van der Waals surface area (Å²) < 4.78 is 17.4. The van der Waals surface area contributed by atoms with Crippen LogP contribution in [0.25, 0.3) is 0 Å². The predicted octanol–water partition coefficient (Wildman–Crippen LogP) is 4.71. The van der Waals surface area contributed by atoms with Crippen LogP contribution in [0.5, 0.6) is 11.5 Å². The van der Waals surface area contributed by atoms with Crippen molar-refractivity contribution in [3.8, 4) is 11.5 Å². The molecule has 1 amide bonds.